The lowest BCUT2D eigenvalue weighted by atomic mass is 10.1. The second-order valence-corrected chi connectivity index (χ2v) is 5.05. The van der Waals surface area contributed by atoms with E-state index in [4.69, 9.17) is 26.2 Å². The van der Waals surface area contributed by atoms with Gasteiger partial charge in [0.15, 0.2) is 0 Å². The molecule has 0 aliphatic carbocycles. The zero-order valence-electron chi connectivity index (χ0n) is 10.7. The second-order valence-electron chi connectivity index (χ2n) is 4.65. The minimum Gasteiger partial charge on any atom is -0.466 e. The number of halogens is 1. The van der Waals surface area contributed by atoms with Crippen LogP contribution in [-0.4, -0.2) is 0 Å². The Morgan fingerprint density at radius 3 is 2.58 bits per heavy atom. The first-order valence-corrected chi connectivity index (χ1v) is 6.44. The summed E-state index contributed by atoms with van der Waals surface area (Å²) in [7, 11) is 0. The molecule has 98 valence electrons. The Kier molecular flexibility index (Phi) is 2.88. The summed E-state index contributed by atoms with van der Waals surface area (Å²) in [6.45, 7) is 3.80. The summed E-state index contributed by atoms with van der Waals surface area (Å²) in [6, 6.07) is 9.06. The number of rotatable bonds is 2. The van der Waals surface area contributed by atoms with Crippen LogP contribution >= 0.6 is 11.6 Å². The lowest BCUT2D eigenvalue weighted by Crippen LogP contribution is -2.10. The highest BCUT2D eigenvalue weighted by Gasteiger charge is 2.19. The minimum atomic E-state index is -0.346. The summed E-state index contributed by atoms with van der Waals surface area (Å²) in [5, 5.41) is 1.55. The number of benzene rings is 1. The largest absolute Gasteiger partial charge is 0.466 e. The predicted molar refractivity (Wildman–Crippen MR) is 75.4 cm³/mol. The maximum atomic E-state index is 6.25. The van der Waals surface area contributed by atoms with Crippen LogP contribution in [0.25, 0.3) is 11.0 Å². The van der Waals surface area contributed by atoms with Gasteiger partial charge in [0.25, 0.3) is 0 Å². The van der Waals surface area contributed by atoms with E-state index in [1.807, 2.05) is 44.2 Å². The number of furan rings is 2. The summed E-state index contributed by atoms with van der Waals surface area (Å²) >= 11 is 6.14. The van der Waals surface area contributed by atoms with E-state index in [-0.39, 0.29) is 6.04 Å². The third kappa shape index (κ3) is 2.05. The van der Waals surface area contributed by atoms with Gasteiger partial charge in [0, 0.05) is 10.9 Å². The maximum Gasteiger partial charge on any atom is 0.135 e. The van der Waals surface area contributed by atoms with E-state index in [0.29, 0.717) is 10.8 Å². The topological polar surface area (TPSA) is 52.3 Å². The van der Waals surface area contributed by atoms with Crippen molar-refractivity contribution in [3.63, 3.8) is 0 Å². The maximum absolute atomic E-state index is 6.25. The predicted octanol–water partition coefficient (Wildman–Crippen LogP) is 4.34. The monoisotopic (exact) mass is 275 g/mol. The average Bonchev–Trinajstić information content (AvgIpc) is 2.93. The highest BCUT2D eigenvalue weighted by molar-refractivity contribution is 6.35. The zero-order valence-corrected chi connectivity index (χ0v) is 11.5. The van der Waals surface area contributed by atoms with Crippen LogP contribution in [0.2, 0.25) is 5.02 Å². The van der Waals surface area contributed by atoms with Crippen LogP contribution < -0.4 is 5.73 Å². The Balaban J connectivity index is 2.09. The molecule has 4 heteroatoms. The number of aryl methyl sites for hydroxylation is 2. The summed E-state index contributed by atoms with van der Waals surface area (Å²) in [4.78, 5) is 0. The van der Waals surface area contributed by atoms with Gasteiger partial charge in [0.05, 0.1) is 11.1 Å². The van der Waals surface area contributed by atoms with Crippen LogP contribution in [0, 0.1) is 13.8 Å². The molecule has 2 heterocycles. The van der Waals surface area contributed by atoms with Crippen molar-refractivity contribution in [3.8, 4) is 0 Å². The highest BCUT2D eigenvalue weighted by Crippen LogP contribution is 2.32. The van der Waals surface area contributed by atoms with Gasteiger partial charge in [-0.3, -0.25) is 0 Å². The van der Waals surface area contributed by atoms with E-state index in [1.54, 1.807) is 0 Å². The molecule has 2 aromatic heterocycles. The van der Waals surface area contributed by atoms with Gasteiger partial charge >= 0.3 is 0 Å². The fourth-order valence-electron chi connectivity index (χ4n) is 2.31. The van der Waals surface area contributed by atoms with Gasteiger partial charge in [-0.05, 0) is 38.1 Å². The first-order valence-electron chi connectivity index (χ1n) is 6.06. The molecule has 0 aliphatic heterocycles. The summed E-state index contributed by atoms with van der Waals surface area (Å²) in [5.41, 5.74) is 7.93. The van der Waals surface area contributed by atoms with Gasteiger partial charge in [-0.1, -0.05) is 17.7 Å². The molecule has 1 unspecified atom stereocenters. The molecule has 0 saturated carbocycles. The van der Waals surface area contributed by atoms with E-state index in [2.05, 4.69) is 0 Å². The third-order valence-corrected chi connectivity index (χ3v) is 3.58. The van der Waals surface area contributed by atoms with Crippen molar-refractivity contribution in [2.75, 3.05) is 0 Å². The van der Waals surface area contributed by atoms with E-state index >= 15 is 0 Å². The molecule has 1 atom stereocenters. The van der Waals surface area contributed by atoms with Gasteiger partial charge in [-0.15, -0.1) is 0 Å². The van der Waals surface area contributed by atoms with Gasteiger partial charge in [0.2, 0.25) is 0 Å². The molecule has 3 rings (SSSR count). The average molecular weight is 276 g/mol. The van der Waals surface area contributed by atoms with Crippen molar-refractivity contribution in [3.05, 3.63) is 58.2 Å². The normalized spacial score (nSPS) is 13.1. The van der Waals surface area contributed by atoms with Gasteiger partial charge in [-0.2, -0.15) is 0 Å². The molecule has 1 aromatic carbocycles. The lowest BCUT2D eigenvalue weighted by Gasteiger charge is -2.06. The first kappa shape index (κ1) is 12.3. The summed E-state index contributed by atoms with van der Waals surface area (Å²) < 4.78 is 11.3. The van der Waals surface area contributed by atoms with Crippen LogP contribution in [0.3, 0.4) is 0 Å². The lowest BCUT2D eigenvalue weighted by molar-refractivity contribution is 0.489. The standard InChI is InChI=1S/C15H14ClNO2/c1-8-6-10(9(2)18-8)15(17)14-7-11-12(16)4-3-5-13(11)19-14/h3-7,15H,17H2,1-2H3. The Hall–Kier alpha value is -1.71. The second kappa shape index (κ2) is 4.44. The van der Waals surface area contributed by atoms with Gasteiger partial charge in [0.1, 0.15) is 22.9 Å². The molecule has 3 aromatic rings. The van der Waals surface area contributed by atoms with Crippen LogP contribution in [0.15, 0.2) is 39.2 Å². The molecule has 3 nitrogen and oxygen atoms in total. The van der Waals surface area contributed by atoms with Crippen molar-refractivity contribution in [1.82, 2.24) is 0 Å². The van der Waals surface area contributed by atoms with Crippen molar-refractivity contribution in [2.45, 2.75) is 19.9 Å². The molecule has 2 N–H and O–H groups in total. The fourth-order valence-corrected chi connectivity index (χ4v) is 2.53. The van der Waals surface area contributed by atoms with E-state index in [1.165, 1.54) is 0 Å². The molecule has 0 aliphatic rings. The molecule has 0 saturated heterocycles. The quantitative estimate of drug-likeness (QED) is 0.757. The molecule has 0 spiro atoms. The minimum absolute atomic E-state index is 0.346. The molecule has 0 fully saturated rings. The van der Waals surface area contributed by atoms with Crippen molar-refractivity contribution >= 4 is 22.6 Å². The van der Waals surface area contributed by atoms with Crippen molar-refractivity contribution < 1.29 is 8.83 Å². The van der Waals surface area contributed by atoms with Crippen LogP contribution in [0.4, 0.5) is 0 Å². The molecule has 0 radical (unpaired) electrons. The SMILES string of the molecule is Cc1cc(C(N)c2cc3c(Cl)cccc3o2)c(C)o1. The molecule has 0 amide bonds. The number of nitrogens with two attached hydrogens (primary N) is 1. The molecule has 19 heavy (non-hydrogen) atoms. The molecular formula is C15H14ClNO2. The Morgan fingerprint density at radius 1 is 1.16 bits per heavy atom. The summed E-state index contributed by atoms with van der Waals surface area (Å²) in [5.74, 6) is 2.35. The molecular weight excluding hydrogens is 262 g/mol. The smallest absolute Gasteiger partial charge is 0.135 e. The highest BCUT2D eigenvalue weighted by atomic mass is 35.5. The fraction of sp³-hybridized carbons (Fsp3) is 0.200. The Morgan fingerprint density at radius 2 is 1.95 bits per heavy atom. The number of hydrogen-bond donors (Lipinski definition) is 1. The van der Waals surface area contributed by atoms with Crippen molar-refractivity contribution in [2.24, 2.45) is 5.73 Å². The zero-order chi connectivity index (χ0) is 13.6. The van der Waals surface area contributed by atoms with Crippen molar-refractivity contribution in [1.29, 1.82) is 0 Å². The first-order chi connectivity index (χ1) is 9.06. The van der Waals surface area contributed by atoms with Crippen LogP contribution in [0.1, 0.15) is 28.9 Å². The van der Waals surface area contributed by atoms with E-state index < -0.39 is 0 Å². The Labute approximate surface area is 115 Å². The van der Waals surface area contributed by atoms with Crippen LogP contribution in [-0.2, 0) is 0 Å². The van der Waals surface area contributed by atoms with Crippen LogP contribution in [0.5, 0.6) is 0 Å². The van der Waals surface area contributed by atoms with E-state index in [0.717, 1.165) is 28.1 Å². The van der Waals surface area contributed by atoms with Gasteiger partial charge in [-0.25, -0.2) is 0 Å². The summed E-state index contributed by atoms with van der Waals surface area (Å²) in [6.07, 6.45) is 0. The van der Waals surface area contributed by atoms with Gasteiger partial charge < -0.3 is 14.6 Å². The number of hydrogen-bond acceptors (Lipinski definition) is 3. The molecule has 0 bridgehead atoms. The number of fused-ring (bicyclic) bond motifs is 1. The van der Waals surface area contributed by atoms with E-state index in [9.17, 15) is 0 Å². The Bertz CT molecular complexity index is 742. The third-order valence-electron chi connectivity index (χ3n) is 3.25.